The summed E-state index contributed by atoms with van der Waals surface area (Å²) in [6.07, 6.45) is 0. The lowest BCUT2D eigenvalue weighted by Crippen LogP contribution is -1.89. The fourth-order valence-electron chi connectivity index (χ4n) is 2.20. The zero-order chi connectivity index (χ0) is 15.7. The number of halogens is 3. The fourth-order valence-corrected chi connectivity index (χ4v) is 2.89. The molecule has 0 unspecified atom stereocenters. The molecule has 0 saturated heterocycles. The standard InChI is InChI=1S/C16H10Cl3NO2/c17-10-3-1-2-9(6-10)15-13(8-21)16(22-20-15)12-5-4-11(18)7-14(12)19/h1-7,21H,8H2. The van der Waals surface area contributed by atoms with Crippen LogP contribution in [0.4, 0.5) is 0 Å². The average Bonchev–Trinajstić information content (AvgIpc) is 2.91. The second-order valence-corrected chi connectivity index (χ2v) is 5.91. The predicted molar refractivity (Wildman–Crippen MR) is 88.3 cm³/mol. The average molecular weight is 355 g/mol. The molecule has 0 spiro atoms. The summed E-state index contributed by atoms with van der Waals surface area (Å²) in [6.45, 7) is -0.236. The Morgan fingerprint density at radius 1 is 1.00 bits per heavy atom. The molecule has 1 heterocycles. The van der Waals surface area contributed by atoms with Crippen LogP contribution in [0, 0.1) is 0 Å². The molecule has 0 amide bonds. The topological polar surface area (TPSA) is 46.3 Å². The van der Waals surface area contributed by atoms with Crippen molar-refractivity contribution < 1.29 is 9.63 Å². The third-order valence-corrected chi connectivity index (χ3v) is 4.00. The Labute approximate surface area is 142 Å². The number of hydrogen-bond donors (Lipinski definition) is 1. The summed E-state index contributed by atoms with van der Waals surface area (Å²) in [4.78, 5) is 0. The quantitative estimate of drug-likeness (QED) is 0.679. The molecule has 3 nitrogen and oxygen atoms in total. The first-order valence-electron chi connectivity index (χ1n) is 6.41. The van der Waals surface area contributed by atoms with E-state index < -0.39 is 0 Å². The van der Waals surface area contributed by atoms with Crippen LogP contribution in [0.15, 0.2) is 47.0 Å². The van der Waals surface area contributed by atoms with E-state index in [1.54, 1.807) is 30.3 Å². The minimum absolute atomic E-state index is 0.236. The van der Waals surface area contributed by atoms with Gasteiger partial charge in [0.05, 0.1) is 17.2 Å². The highest BCUT2D eigenvalue weighted by Crippen LogP contribution is 2.37. The summed E-state index contributed by atoms with van der Waals surface area (Å²) in [5.74, 6) is 0.416. The van der Waals surface area contributed by atoms with Crippen molar-refractivity contribution in [2.45, 2.75) is 6.61 Å². The molecule has 2 aromatic carbocycles. The molecule has 0 aliphatic carbocycles. The van der Waals surface area contributed by atoms with Gasteiger partial charge in [0.25, 0.3) is 0 Å². The number of aliphatic hydroxyl groups is 1. The minimum Gasteiger partial charge on any atom is -0.391 e. The van der Waals surface area contributed by atoms with E-state index in [0.29, 0.717) is 37.6 Å². The van der Waals surface area contributed by atoms with Crippen LogP contribution in [0.3, 0.4) is 0 Å². The SMILES string of the molecule is OCc1c(-c2cccc(Cl)c2)noc1-c1ccc(Cl)cc1Cl. The number of rotatable bonds is 3. The monoisotopic (exact) mass is 353 g/mol. The van der Waals surface area contributed by atoms with Crippen LogP contribution in [-0.2, 0) is 6.61 Å². The van der Waals surface area contributed by atoms with E-state index in [4.69, 9.17) is 39.3 Å². The predicted octanol–water partition coefficient (Wildman–Crippen LogP) is 5.46. The van der Waals surface area contributed by atoms with Gasteiger partial charge in [0.1, 0.15) is 5.69 Å². The van der Waals surface area contributed by atoms with Crippen LogP contribution in [0.25, 0.3) is 22.6 Å². The van der Waals surface area contributed by atoms with Gasteiger partial charge >= 0.3 is 0 Å². The van der Waals surface area contributed by atoms with Crippen molar-refractivity contribution in [1.82, 2.24) is 5.16 Å². The molecule has 0 atom stereocenters. The molecule has 1 aromatic heterocycles. The number of aliphatic hydroxyl groups excluding tert-OH is 1. The van der Waals surface area contributed by atoms with E-state index in [1.165, 1.54) is 0 Å². The van der Waals surface area contributed by atoms with Gasteiger partial charge in [-0.1, -0.05) is 52.1 Å². The maximum atomic E-state index is 9.72. The van der Waals surface area contributed by atoms with Crippen molar-refractivity contribution in [2.75, 3.05) is 0 Å². The third-order valence-electron chi connectivity index (χ3n) is 3.22. The Hall–Kier alpha value is -1.52. The first-order chi connectivity index (χ1) is 10.6. The second kappa shape index (κ2) is 6.31. The van der Waals surface area contributed by atoms with E-state index in [2.05, 4.69) is 5.16 Å². The molecule has 22 heavy (non-hydrogen) atoms. The van der Waals surface area contributed by atoms with Crippen LogP contribution in [-0.4, -0.2) is 10.3 Å². The number of hydrogen-bond acceptors (Lipinski definition) is 3. The highest BCUT2D eigenvalue weighted by atomic mass is 35.5. The molecule has 0 aliphatic heterocycles. The Balaban J connectivity index is 2.15. The van der Waals surface area contributed by atoms with E-state index in [-0.39, 0.29) is 6.61 Å². The molecule has 0 fully saturated rings. The van der Waals surface area contributed by atoms with Crippen molar-refractivity contribution in [3.8, 4) is 22.6 Å². The second-order valence-electron chi connectivity index (χ2n) is 4.63. The molecular weight excluding hydrogens is 345 g/mol. The Morgan fingerprint density at radius 2 is 1.77 bits per heavy atom. The molecule has 0 saturated carbocycles. The van der Waals surface area contributed by atoms with Crippen LogP contribution in [0.1, 0.15) is 5.56 Å². The van der Waals surface area contributed by atoms with Crippen LogP contribution < -0.4 is 0 Å². The maximum absolute atomic E-state index is 9.72. The largest absolute Gasteiger partial charge is 0.391 e. The van der Waals surface area contributed by atoms with Gasteiger partial charge in [-0.2, -0.15) is 0 Å². The summed E-state index contributed by atoms with van der Waals surface area (Å²) >= 11 is 18.1. The van der Waals surface area contributed by atoms with E-state index in [1.807, 2.05) is 12.1 Å². The van der Waals surface area contributed by atoms with Crippen LogP contribution in [0.5, 0.6) is 0 Å². The summed E-state index contributed by atoms with van der Waals surface area (Å²) in [5, 5.41) is 15.3. The van der Waals surface area contributed by atoms with Crippen LogP contribution >= 0.6 is 34.8 Å². The normalized spacial score (nSPS) is 10.9. The smallest absolute Gasteiger partial charge is 0.174 e. The highest BCUT2D eigenvalue weighted by molar-refractivity contribution is 6.36. The molecule has 0 radical (unpaired) electrons. The third kappa shape index (κ3) is 2.85. The van der Waals surface area contributed by atoms with Crippen molar-refractivity contribution in [3.05, 3.63) is 63.1 Å². The number of nitrogens with zero attached hydrogens (tertiary/aromatic N) is 1. The lowest BCUT2D eigenvalue weighted by atomic mass is 10.0. The molecule has 0 bridgehead atoms. The fraction of sp³-hybridized carbons (Fsp3) is 0.0625. The van der Waals surface area contributed by atoms with Gasteiger partial charge in [-0.15, -0.1) is 0 Å². The van der Waals surface area contributed by atoms with Gasteiger partial charge in [0.15, 0.2) is 5.76 Å². The Kier molecular flexibility index (Phi) is 4.41. The van der Waals surface area contributed by atoms with Gasteiger partial charge < -0.3 is 9.63 Å². The lowest BCUT2D eigenvalue weighted by Gasteiger charge is -2.04. The maximum Gasteiger partial charge on any atom is 0.174 e. The first kappa shape index (κ1) is 15.4. The summed E-state index contributed by atoms with van der Waals surface area (Å²) < 4.78 is 5.41. The summed E-state index contributed by atoms with van der Waals surface area (Å²) in [6, 6.07) is 12.2. The van der Waals surface area contributed by atoms with Gasteiger partial charge in [0, 0.05) is 21.2 Å². The zero-order valence-corrected chi connectivity index (χ0v) is 13.5. The van der Waals surface area contributed by atoms with Gasteiger partial charge in [-0.25, -0.2) is 0 Å². The zero-order valence-electron chi connectivity index (χ0n) is 11.2. The Bertz CT molecular complexity index is 830. The minimum atomic E-state index is -0.236. The molecule has 3 rings (SSSR count). The molecular formula is C16H10Cl3NO2. The highest BCUT2D eigenvalue weighted by Gasteiger charge is 2.20. The first-order valence-corrected chi connectivity index (χ1v) is 7.54. The van der Waals surface area contributed by atoms with Crippen LogP contribution in [0.2, 0.25) is 15.1 Å². The number of aromatic nitrogens is 1. The molecule has 112 valence electrons. The van der Waals surface area contributed by atoms with Gasteiger partial charge in [-0.05, 0) is 30.3 Å². The van der Waals surface area contributed by atoms with E-state index in [9.17, 15) is 5.11 Å². The molecule has 3 aromatic rings. The van der Waals surface area contributed by atoms with Crippen molar-refractivity contribution in [2.24, 2.45) is 0 Å². The van der Waals surface area contributed by atoms with E-state index in [0.717, 1.165) is 5.56 Å². The Morgan fingerprint density at radius 3 is 2.45 bits per heavy atom. The summed E-state index contributed by atoms with van der Waals surface area (Å²) in [5.41, 5.74) is 2.46. The van der Waals surface area contributed by atoms with E-state index >= 15 is 0 Å². The lowest BCUT2D eigenvalue weighted by molar-refractivity contribution is 0.281. The van der Waals surface area contributed by atoms with Gasteiger partial charge in [0.2, 0.25) is 0 Å². The van der Waals surface area contributed by atoms with Crippen molar-refractivity contribution >= 4 is 34.8 Å². The molecule has 1 N–H and O–H groups in total. The van der Waals surface area contributed by atoms with Gasteiger partial charge in [-0.3, -0.25) is 0 Å². The molecule has 0 aliphatic rings. The van der Waals surface area contributed by atoms with Crippen molar-refractivity contribution in [3.63, 3.8) is 0 Å². The number of benzene rings is 2. The molecule has 6 heteroatoms. The summed E-state index contributed by atoms with van der Waals surface area (Å²) in [7, 11) is 0. The van der Waals surface area contributed by atoms with Crippen molar-refractivity contribution in [1.29, 1.82) is 0 Å².